The molecule has 0 aliphatic rings. The van der Waals surface area contributed by atoms with Crippen LogP contribution in [0.25, 0.3) is 11.3 Å². The molecule has 3 N–H and O–H groups in total. The fourth-order valence-electron chi connectivity index (χ4n) is 2.53. The van der Waals surface area contributed by atoms with E-state index in [9.17, 15) is 9.18 Å². The zero-order chi connectivity index (χ0) is 20.6. The van der Waals surface area contributed by atoms with E-state index in [2.05, 4.69) is 27.2 Å². The Kier molecular flexibility index (Phi) is 7.14. The van der Waals surface area contributed by atoms with Crippen LogP contribution in [0.2, 0.25) is 0 Å². The number of rotatable bonds is 9. The summed E-state index contributed by atoms with van der Waals surface area (Å²) in [5, 5.41) is 11.5. The van der Waals surface area contributed by atoms with Crippen LogP contribution >= 0.6 is 0 Å². The molecule has 0 saturated heterocycles. The van der Waals surface area contributed by atoms with E-state index < -0.39 is 5.91 Å². The van der Waals surface area contributed by atoms with Gasteiger partial charge in [-0.3, -0.25) is 9.79 Å². The van der Waals surface area contributed by atoms with Crippen LogP contribution in [0.4, 0.5) is 10.2 Å². The number of nitrogens with one attached hydrogen (secondary N) is 1. The minimum atomic E-state index is -0.493. The van der Waals surface area contributed by atoms with E-state index in [1.807, 2.05) is 19.9 Å². The number of aromatic nitrogens is 2. The maximum absolute atomic E-state index is 13.9. The van der Waals surface area contributed by atoms with Crippen molar-refractivity contribution in [2.24, 2.45) is 16.1 Å². The van der Waals surface area contributed by atoms with Crippen molar-refractivity contribution in [3.8, 4) is 11.3 Å². The number of allylic oxidation sites excluding steroid dienone is 3. The van der Waals surface area contributed by atoms with Gasteiger partial charge in [0.15, 0.2) is 0 Å². The van der Waals surface area contributed by atoms with E-state index in [1.165, 1.54) is 18.4 Å². The van der Waals surface area contributed by atoms with Crippen molar-refractivity contribution < 1.29 is 9.18 Å². The third kappa shape index (κ3) is 6.42. The van der Waals surface area contributed by atoms with Crippen LogP contribution < -0.4 is 11.1 Å². The van der Waals surface area contributed by atoms with Crippen molar-refractivity contribution in [3.63, 3.8) is 0 Å². The van der Waals surface area contributed by atoms with Gasteiger partial charge in [-0.05, 0) is 48.6 Å². The van der Waals surface area contributed by atoms with Gasteiger partial charge >= 0.3 is 0 Å². The number of hydrogen-bond donors (Lipinski definition) is 2. The number of benzene rings is 1. The van der Waals surface area contributed by atoms with E-state index >= 15 is 0 Å². The van der Waals surface area contributed by atoms with Gasteiger partial charge in [0.1, 0.15) is 11.6 Å². The average Bonchev–Trinajstić information content (AvgIpc) is 2.67. The molecule has 7 heteroatoms. The zero-order valence-corrected chi connectivity index (χ0v) is 16.0. The molecule has 6 nitrogen and oxygen atoms in total. The first-order valence-electron chi connectivity index (χ1n) is 8.76. The lowest BCUT2D eigenvalue weighted by Crippen LogP contribution is -2.23. The number of hydrogen-bond acceptors (Lipinski definition) is 5. The highest BCUT2D eigenvalue weighted by Crippen LogP contribution is 2.26. The van der Waals surface area contributed by atoms with Crippen LogP contribution in [-0.4, -0.2) is 29.4 Å². The number of nitrogens with two attached hydrogens (primary N) is 1. The van der Waals surface area contributed by atoms with Gasteiger partial charge in [-0.2, -0.15) is 0 Å². The molecule has 0 atom stereocenters. The highest BCUT2D eigenvalue weighted by Gasteiger charge is 2.20. The lowest BCUT2D eigenvalue weighted by Gasteiger charge is -2.24. The van der Waals surface area contributed by atoms with E-state index in [0.717, 1.165) is 5.56 Å². The molecule has 1 amide bonds. The maximum Gasteiger partial charge on any atom is 0.248 e. The summed E-state index contributed by atoms with van der Waals surface area (Å²) in [5.41, 5.74) is 6.78. The van der Waals surface area contributed by atoms with Gasteiger partial charge in [-0.1, -0.05) is 26.0 Å². The van der Waals surface area contributed by atoms with Gasteiger partial charge in [0, 0.05) is 30.3 Å². The first-order chi connectivity index (χ1) is 13.3. The predicted octanol–water partition coefficient (Wildman–Crippen LogP) is 4.14. The SMILES string of the molecule is C=N/C=C\C=C(\F)CC(C)(C)CNc1ccc(-c2cccc(C(N)=O)c2)nn1. The van der Waals surface area contributed by atoms with Crippen LogP contribution in [-0.2, 0) is 0 Å². The third-order valence-corrected chi connectivity index (χ3v) is 3.97. The standard InChI is InChI=1S/C21H24FN5O/c1-21(2,13-17(22)8-5-11-24-3)14-25-19-10-9-18(26-27-19)15-6-4-7-16(12-15)20(23)28/h4-12H,3,13-14H2,1-2H3,(H2,23,28)(H,25,27)/b11-5-,17-8+. The van der Waals surface area contributed by atoms with Crippen molar-refractivity contribution >= 4 is 18.4 Å². The lowest BCUT2D eigenvalue weighted by molar-refractivity contribution is 0.100. The van der Waals surface area contributed by atoms with Gasteiger partial charge < -0.3 is 11.1 Å². The largest absolute Gasteiger partial charge is 0.368 e. The Bertz CT molecular complexity index is 888. The second-order valence-electron chi connectivity index (χ2n) is 7.08. The average molecular weight is 381 g/mol. The number of primary amides is 1. The fraction of sp³-hybridized carbons (Fsp3) is 0.238. The molecule has 0 fully saturated rings. The summed E-state index contributed by atoms with van der Waals surface area (Å²) < 4.78 is 13.9. The third-order valence-electron chi connectivity index (χ3n) is 3.97. The smallest absolute Gasteiger partial charge is 0.248 e. The minimum Gasteiger partial charge on any atom is -0.368 e. The van der Waals surface area contributed by atoms with Gasteiger partial charge in [0.2, 0.25) is 5.91 Å². The van der Waals surface area contributed by atoms with Gasteiger partial charge in [-0.25, -0.2) is 4.39 Å². The van der Waals surface area contributed by atoms with E-state index in [4.69, 9.17) is 5.73 Å². The molecule has 0 aliphatic carbocycles. The van der Waals surface area contributed by atoms with Crippen molar-refractivity contribution in [2.45, 2.75) is 20.3 Å². The van der Waals surface area contributed by atoms with Crippen LogP contribution in [0, 0.1) is 5.41 Å². The van der Waals surface area contributed by atoms with Crippen molar-refractivity contribution in [2.75, 3.05) is 11.9 Å². The summed E-state index contributed by atoms with van der Waals surface area (Å²) in [7, 11) is 0. The maximum atomic E-state index is 13.9. The van der Waals surface area contributed by atoms with Crippen molar-refractivity contribution in [1.29, 1.82) is 0 Å². The molecule has 2 rings (SSSR count). The summed E-state index contributed by atoms with van der Waals surface area (Å²) in [6, 6.07) is 10.5. The van der Waals surface area contributed by atoms with Crippen molar-refractivity contribution in [1.82, 2.24) is 10.2 Å². The topological polar surface area (TPSA) is 93.3 Å². The molecule has 28 heavy (non-hydrogen) atoms. The molecule has 1 aromatic carbocycles. The Morgan fingerprint density at radius 3 is 2.75 bits per heavy atom. The van der Waals surface area contributed by atoms with Gasteiger partial charge in [0.25, 0.3) is 0 Å². The molecular formula is C21H24FN5O. The Morgan fingerprint density at radius 1 is 1.32 bits per heavy atom. The summed E-state index contributed by atoms with van der Waals surface area (Å²) in [6.45, 7) is 7.73. The predicted molar refractivity (Wildman–Crippen MR) is 111 cm³/mol. The molecule has 1 heterocycles. The number of nitrogens with zero attached hydrogens (tertiary/aromatic N) is 3. The molecule has 0 spiro atoms. The van der Waals surface area contributed by atoms with E-state index in [-0.39, 0.29) is 17.7 Å². The second-order valence-corrected chi connectivity index (χ2v) is 7.08. The Morgan fingerprint density at radius 2 is 2.11 bits per heavy atom. The Hall–Kier alpha value is -3.35. The normalized spacial score (nSPS) is 12.2. The molecule has 0 saturated carbocycles. The summed E-state index contributed by atoms with van der Waals surface area (Å²) in [4.78, 5) is 14.8. The number of halogens is 1. The summed E-state index contributed by atoms with van der Waals surface area (Å²) >= 11 is 0. The molecule has 0 unspecified atom stereocenters. The van der Waals surface area contributed by atoms with Crippen LogP contribution in [0.1, 0.15) is 30.6 Å². The molecule has 0 aliphatic heterocycles. The molecule has 2 aromatic rings. The Labute approximate surface area is 164 Å². The number of amides is 1. The molecule has 0 radical (unpaired) electrons. The number of carbonyl (C=O) groups excluding carboxylic acids is 1. The number of carbonyl (C=O) groups is 1. The van der Waals surface area contributed by atoms with Crippen LogP contribution in [0.5, 0.6) is 0 Å². The van der Waals surface area contributed by atoms with Gasteiger partial charge in [0.05, 0.1) is 5.69 Å². The zero-order valence-electron chi connectivity index (χ0n) is 16.0. The van der Waals surface area contributed by atoms with E-state index in [0.29, 0.717) is 23.6 Å². The van der Waals surface area contributed by atoms with Gasteiger partial charge in [-0.15, -0.1) is 10.2 Å². The highest BCUT2D eigenvalue weighted by atomic mass is 19.1. The quantitative estimate of drug-likeness (QED) is 0.504. The van der Waals surface area contributed by atoms with E-state index in [1.54, 1.807) is 30.3 Å². The molecule has 1 aromatic heterocycles. The minimum absolute atomic E-state index is 0.234. The first-order valence-corrected chi connectivity index (χ1v) is 8.76. The first kappa shape index (κ1) is 21.0. The van der Waals surface area contributed by atoms with Crippen molar-refractivity contribution in [3.05, 3.63) is 66.1 Å². The monoisotopic (exact) mass is 381 g/mol. The molecule has 146 valence electrons. The number of aliphatic imine (C=N–C) groups is 1. The van der Waals surface area contributed by atoms with Crippen LogP contribution in [0.15, 0.2) is 65.6 Å². The summed E-state index contributed by atoms with van der Waals surface area (Å²) in [6.07, 6.45) is 4.60. The second kappa shape index (κ2) is 9.55. The molecule has 0 bridgehead atoms. The highest BCUT2D eigenvalue weighted by molar-refractivity contribution is 5.93. The lowest BCUT2D eigenvalue weighted by atomic mass is 9.88. The summed E-state index contributed by atoms with van der Waals surface area (Å²) in [5.74, 6) is -0.140. The number of anilines is 1. The Balaban J connectivity index is 1.99. The fourth-order valence-corrected chi connectivity index (χ4v) is 2.53. The van der Waals surface area contributed by atoms with Crippen LogP contribution in [0.3, 0.4) is 0 Å². The molecular weight excluding hydrogens is 357 g/mol.